The minimum absolute atomic E-state index is 0.0967. The average Bonchev–Trinajstić information content (AvgIpc) is 2.50. The van der Waals surface area contributed by atoms with Crippen molar-refractivity contribution in [2.24, 2.45) is 0 Å². The lowest BCUT2D eigenvalue weighted by Crippen LogP contribution is -2.26. The van der Waals surface area contributed by atoms with E-state index < -0.39 is 5.97 Å². The van der Waals surface area contributed by atoms with E-state index in [4.69, 9.17) is 5.11 Å². The molecule has 0 aliphatic carbocycles. The Balaban J connectivity index is 1.94. The maximum atomic E-state index is 10.7. The summed E-state index contributed by atoms with van der Waals surface area (Å²) in [7, 11) is 0. The van der Waals surface area contributed by atoms with Crippen molar-refractivity contribution in [2.45, 2.75) is 38.1 Å². The highest BCUT2D eigenvalue weighted by Crippen LogP contribution is 2.07. The number of carboxylic acid groups (broad SMARTS) is 1. The molecule has 0 aromatic rings. The second-order valence-corrected chi connectivity index (χ2v) is 3.54. The molecule has 5 nitrogen and oxygen atoms in total. The van der Waals surface area contributed by atoms with Gasteiger partial charge in [0.15, 0.2) is 0 Å². The van der Waals surface area contributed by atoms with Crippen LogP contribution in [0.25, 0.3) is 0 Å². The van der Waals surface area contributed by atoms with Gasteiger partial charge in [-0.15, -0.1) is 0 Å². The third kappa shape index (κ3) is 4.11. The third-order valence-corrected chi connectivity index (χ3v) is 2.29. The molecule has 80 valence electrons. The second kappa shape index (κ2) is 5.47. The lowest BCUT2D eigenvalue weighted by molar-refractivity contribution is -0.137. The van der Waals surface area contributed by atoms with Crippen molar-refractivity contribution in [3.05, 3.63) is 0 Å². The Morgan fingerprint density at radius 3 is 2.79 bits per heavy atom. The predicted molar refractivity (Wildman–Crippen MR) is 51.0 cm³/mol. The molecule has 0 aromatic heterocycles. The smallest absolute Gasteiger partial charge is 0.315 e. The van der Waals surface area contributed by atoms with Crippen LogP contribution in [0.4, 0.5) is 4.79 Å². The van der Waals surface area contributed by atoms with Gasteiger partial charge in [0.25, 0.3) is 0 Å². The predicted octanol–water partition coefficient (Wildman–Crippen LogP) is 0.703. The average molecular weight is 200 g/mol. The molecule has 0 saturated carbocycles. The highest BCUT2D eigenvalue weighted by Gasteiger charge is 2.18. The van der Waals surface area contributed by atoms with Crippen LogP contribution < -0.4 is 10.6 Å². The van der Waals surface area contributed by atoms with E-state index in [1.54, 1.807) is 0 Å². The van der Waals surface area contributed by atoms with E-state index in [1.165, 1.54) is 0 Å². The van der Waals surface area contributed by atoms with Crippen molar-refractivity contribution in [1.82, 2.24) is 10.6 Å². The van der Waals surface area contributed by atoms with E-state index in [2.05, 4.69) is 10.6 Å². The molecule has 2 amide bonds. The first kappa shape index (κ1) is 10.8. The van der Waals surface area contributed by atoms with E-state index in [-0.39, 0.29) is 18.5 Å². The number of nitrogens with one attached hydrogen (secondary N) is 2. The molecule has 0 bridgehead atoms. The topological polar surface area (TPSA) is 78.4 Å². The Hall–Kier alpha value is -1.26. The Morgan fingerprint density at radius 1 is 1.43 bits per heavy atom. The number of hydrogen-bond acceptors (Lipinski definition) is 2. The summed E-state index contributed by atoms with van der Waals surface area (Å²) in [5.41, 5.74) is 0. The van der Waals surface area contributed by atoms with Gasteiger partial charge in [0.2, 0.25) is 0 Å². The van der Waals surface area contributed by atoms with Crippen LogP contribution in [0.2, 0.25) is 0 Å². The van der Waals surface area contributed by atoms with Crippen molar-refractivity contribution in [2.75, 3.05) is 6.54 Å². The van der Waals surface area contributed by atoms with Gasteiger partial charge in [-0.05, 0) is 12.8 Å². The number of carboxylic acids is 1. The van der Waals surface area contributed by atoms with Gasteiger partial charge in [0, 0.05) is 19.0 Å². The zero-order valence-corrected chi connectivity index (χ0v) is 8.08. The third-order valence-electron chi connectivity index (χ3n) is 2.29. The molecule has 1 rings (SSSR count). The summed E-state index contributed by atoms with van der Waals surface area (Å²) in [5.74, 6) is -0.735. The lowest BCUT2D eigenvalue weighted by atomic mass is 10.1. The van der Waals surface area contributed by atoms with Gasteiger partial charge < -0.3 is 15.7 Å². The molecule has 0 aromatic carbocycles. The van der Waals surface area contributed by atoms with Crippen LogP contribution in [0, 0.1) is 0 Å². The summed E-state index contributed by atoms with van der Waals surface area (Å²) in [6.45, 7) is 0.692. The first-order valence-corrected chi connectivity index (χ1v) is 4.94. The number of aliphatic carboxylic acids is 1. The van der Waals surface area contributed by atoms with E-state index in [9.17, 15) is 9.59 Å². The highest BCUT2D eigenvalue weighted by atomic mass is 16.4. The van der Waals surface area contributed by atoms with Gasteiger partial charge in [-0.1, -0.05) is 12.8 Å². The Labute approximate surface area is 82.9 Å². The summed E-state index contributed by atoms with van der Waals surface area (Å²) in [5, 5.41) is 13.9. The summed E-state index contributed by atoms with van der Waals surface area (Å²) >= 11 is 0. The van der Waals surface area contributed by atoms with Crippen LogP contribution in [-0.2, 0) is 4.79 Å². The molecule has 1 fully saturated rings. The molecule has 1 atom stereocenters. The van der Waals surface area contributed by atoms with Crippen LogP contribution in [0.1, 0.15) is 32.1 Å². The van der Waals surface area contributed by atoms with Gasteiger partial charge >= 0.3 is 12.0 Å². The molecule has 0 spiro atoms. The lowest BCUT2D eigenvalue weighted by Gasteiger charge is -2.06. The molecule has 5 heteroatoms. The van der Waals surface area contributed by atoms with Gasteiger partial charge in [-0.25, -0.2) is 4.79 Å². The molecule has 1 aliphatic rings. The van der Waals surface area contributed by atoms with Crippen LogP contribution >= 0.6 is 0 Å². The maximum absolute atomic E-state index is 10.7. The molecule has 1 saturated heterocycles. The van der Waals surface area contributed by atoms with Crippen LogP contribution in [0.5, 0.6) is 0 Å². The van der Waals surface area contributed by atoms with Crippen molar-refractivity contribution in [1.29, 1.82) is 0 Å². The van der Waals surface area contributed by atoms with Gasteiger partial charge in [0.1, 0.15) is 0 Å². The van der Waals surface area contributed by atoms with Crippen molar-refractivity contribution in [3.8, 4) is 0 Å². The highest BCUT2D eigenvalue weighted by molar-refractivity contribution is 5.76. The molecule has 1 heterocycles. The number of hydrogen-bond donors (Lipinski definition) is 3. The van der Waals surface area contributed by atoms with Crippen molar-refractivity contribution < 1.29 is 14.7 Å². The standard InChI is InChI=1S/C9H16N2O3/c12-8(13)5-3-1-2-4-7-6-10-9(14)11-7/h7H,1-6H2,(H,12,13)(H2,10,11,14)/t7-/m1/s1. The zero-order valence-electron chi connectivity index (χ0n) is 8.08. The number of amides is 2. The minimum atomic E-state index is -0.735. The Bertz CT molecular complexity index is 218. The van der Waals surface area contributed by atoms with Gasteiger partial charge in [-0.3, -0.25) is 4.79 Å². The maximum Gasteiger partial charge on any atom is 0.315 e. The summed E-state index contributed by atoms with van der Waals surface area (Å²) < 4.78 is 0. The van der Waals surface area contributed by atoms with Crippen molar-refractivity contribution >= 4 is 12.0 Å². The van der Waals surface area contributed by atoms with Crippen LogP contribution in [-0.4, -0.2) is 29.7 Å². The quantitative estimate of drug-likeness (QED) is 0.552. The molecule has 14 heavy (non-hydrogen) atoms. The summed E-state index contributed by atoms with van der Waals surface area (Å²) in [6.07, 6.45) is 3.79. The molecular formula is C9H16N2O3. The molecule has 0 unspecified atom stereocenters. The van der Waals surface area contributed by atoms with E-state index >= 15 is 0 Å². The monoisotopic (exact) mass is 200 g/mol. The van der Waals surface area contributed by atoms with Crippen molar-refractivity contribution in [3.63, 3.8) is 0 Å². The fraction of sp³-hybridized carbons (Fsp3) is 0.778. The first-order chi connectivity index (χ1) is 6.68. The van der Waals surface area contributed by atoms with E-state index in [0.29, 0.717) is 6.54 Å². The SMILES string of the molecule is O=C(O)CCCCC[C@@H]1CNC(=O)N1. The van der Waals surface area contributed by atoms with Gasteiger partial charge in [-0.2, -0.15) is 0 Å². The number of unbranched alkanes of at least 4 members (excludes halogenated alkanes) is 2. The molecule has 0 radical (unpaired) electrons. The zero-order chi connectivity index (χ0) is 10.4. The number of urea groups is 1. The molecular weight excluding hydrogens is 184 g/mol. The fourth-order valence-electron chi connectivity index (χ4n) is 1.52. The number of carbonyl (C=O) groups is 2. The fourth-order valence-corrected chi connectivity index (χ4v) is 1.52. The van der Waals surface area contributed by atoms with E-state index in [0.717, 1.165) is 25.7 Å². The molecule has 1 aliphatic heterocycles. The largest absolute Gasteiger partial charge is 0.481 e. The first-order valence-electron chi connectivity index (χ1n) is 4.94. The van der Waals surface area contributed by atoms with E-state index in [1.807, 2.05) is 0 Å². The second-order valence-electron chi connectivity index (χ2n) is 3.54. The normalized spacial score (nSPS) is 20.3. The Morgan fingerprint density at radius 2 is 2.21 bits per heavy atom. The summed E-state index contributed by atoms with van der Waals surface area (Å²) in [4.78, 5) is 20.9. The number of rotatable bonds is 6. The van der Waals surface area contributed by atoms with Gasteiger partial charge in [0.05, 0.1) is 0 Å². The Kier molecular flexibility index (Phi) is 4.22. The van der Waals surface area contributed by atoms with Crippen LogP contribution in [0.15, 0.2) is 0 Å². The minimum Gasteiger partial charge on any atom is -0.481 e. The summed E-state index contributed by atoms with van der Waals surface area (Å²) in [6, 6.07) is 0.132. The molecule has 3 N–H and O–H groups in total. The number of carbonyl (C=O) groups excluding carboxylic acids is 1. The van der Waals surface area contributed by atoms with Crippen LogP contribution in [0.3, 0.4) is 0 Å².